The molecule has 1 heterocycles. The third-order valence-electron chi connectivity index (χ3n) is 5.00. The van der Waals surface area contributed by atoms with Gasteiger partial charge >= 0.3 is 6.36 Å². The van der Waals surface area contributed by atoms with Crippen LogP contribution in [0.4, 0.5) is 13.2 Å². The van der Waals surface area contributed by atoms with Crippen molar-refractivity contribution in [1.82, 2.24) is 9.13 Å². The standard InChI is InChI=1S/C23H24F3N3O4/c1-28-6-7-29(22(28)27)14-16-8-17(12-20(11-16)33-23(24,25)26)21(30)5-4-15-9-18(31-2)13-19(10-15)32-3/h6-13,27H,4-5,14H2,1-3H3. The Bertz CT molecular complexity index is 1180. The van der Waals surface area contributed by atoms with Gasteiger partial charge in [0.25, 0.3) is 0 Å². The number of ketones is 1. The summed E-state index contributed by atoms with van der Waals surface area (Å²) in [4.78, 5) is 12.9. The summed E-state index contributed by atoms with van der Waals surface area (Å²) < 4.78 is 56.2. The van der Waals surface area contributed by atoms with Crippen LogP contribution in [0.5, 0.6) is 17.2 Å². The van der Waals surface area contributed by atoms with Crippen LogP contribution in [0.15, 0.2) is 48.8 Å². The van der Waals surface area contributed by atoms with Crippen LogP contribution < -0.4 is 19.8 Å². The molecule has 3 rings (SSSR count). The molecule has 1 aromatic heterocycles. The van der Waals surface area contributed by atoms with Crippen LogP contribution in [0.25, 0.3) is 0 Å². The van der Waals surface area contributed by atoms with Crippen molar-refractivity contribution in [2.45, 2.75) is 25.7 Å². The quantitative estimate of drug-likeness (QED) is 0.485. The monoisotopic (exact) mass is 463 g/mol. The number of imidazole rings is 1. The summed E-state index contributed by atoms with van der Waals surface area (Å²) in [6.07, 6.45) is -1.19. The lowest BCUT2D eigenvalue weighted by Crippen LogP contribution is -2.23. The number of alkyl halides is 3. The Morgan fingerprint density at radius 2 is 1.58 bits per heavy atom. The number of nitrogens with one attached hydrogen (secondary N) is 1. The van der Waals surface area contributed by atoms with Crippen LogP contribution in [0.1, 0.15) is 27.9 Å². The number of carbonyl (C=O) groups is 1. The van der Waals surface area contributed by atoms with Crippen LogP contribution in [0, 0.1) is 5.41 Å². The van der Waals surface area contributed by atoms with E-state index in [9.17, 15) is 18.0 Å². The lowest BCUT2D eigenvalue weighted by molar-refractivity contribution is -0.274. The summed E-state index contributed by atoms with van der Waals surface area (Å²) in [7, 11) is 4.72. The van der Waals surface area contributed by atoms with Crippen LogP contribution in [-0.2, 0) is 20.0 Å². The maximum Gasteiger partial charge on any atom is 0.573 e. The number of benzene rings is 2. The molecule has 0 spiro atoms. The van der Waals surface area contributed by atoms with Crippen molar-refractivity contribution < 1.29 is 32.2 Å². The molecular formula is C23H24F3N3O4. The van der Waals surface area contributed by atoms with Crippen LogP contribution in [0.2, 0.25) is 0 Å². The van der Waals surface area contributed by atoms with Gasteiger partial charge in [-0.15, -0.1) is 13.2 Å². The van der Waals surface area contributed by atoms with E-state index in [-0.39, 0.29) is 29.9 Å². The molecule has 1 N–H and O–H groups in total. The minimum absolute atomic E-state index is 0.0629. The molecule has 176 valence electrons. The lowest BCUT2D eigenvalue weighted by atomic mass is 10.0. The second kappa shape index (κ2) is 9.85. The number of methoxy groups -OCH3 is 2. The van der Waals surface area contributed by atoms with Gasteiger partial charge in [-0.1, -0.05) is 0 Å². The maximum atomic E-state index is 12.9. The van der Waals surface area contributed by atoms with E-state index >= 15 is 0 Å². The average molecular weight is 463 g/mol. The summed E-state index contributed by atoms with van der Waals surface area (Å²) in [6, 6.07) is 9.08. The molecule has 0 fully saturated rings. The fourth-order valence-electron chi connectivity index (χ4n) is 3.37. The van der Waals surface area contributed by atoms with Gasteiger partial charge in [-0.2, -0.15) is 0 Å². The van der Waals surface area contributed by atoms with Gasteiger partial charge in [-0.3, -0.25) is 10.2 Å². The van der Waals surface area contributed by atoms with Crippen LogP contribution >= 0.6 is 0 Å². The fraction of sp³-hybridized carbons (Fsp3) is 0.304. The molecular weight excluding hydrogens is 439 g/mol. The summed E-state index contributed by atoms with van der Waals surface area (Å²) in [5.41, 5.74) is 1.47. The predicted molar refractivity (Wildman–Crippen MR) is 114 cm³/mol. The van der Waals surface area contributed by atoms with Gasteiger partial charge in [0.15, 0.2) is 5.78 Å². The summed E-state index contributed by atoms with van der Waals surface area (Å²) in [5.74, 6) is 0.334. The van der Waals surface area contributed by atoms with E-state index < -0.39 is 12.1 Å². The number of nitrogens with zero attached hydrogens (tertiary/aromatic N) is 2. The maximum absolute atomic E-state index is 12.9. The van der Waals surface area contributed by atoms with E-state index in [4.69, 9.17) is 14.9 Å². The van der Waals surface area contributed by atoms with Gasteiger partial charge in [-0.25, -0.2) is 0 Å². The largest absolute Gasteiger partial charge is 0.573 e. The van der Waals surface area contributed by atoms with Crippen molar-refractivity contribution in [2.75, 3.05) is 14.2 Å². The first-order valence-electron chi connectivity index (χ1n) is 9.99. The summed E-state index contributed by atoms with van der Waals surface area (Å²) in [5, 5.41) is 8.02. The number of ether oxygens (including phenoxy) is 3. The molecule has 10 heteroatoms. The van der Waals surface area contributed by atoms with Gasteiger partial charge in [0.1, 0.15) is 17.2 Å². The number of carbonyl (C=O) groups excluding carboxylic acids is 1. The molecule has 0 unspecified atom stereocenters. The number of aromatic nitrogens is 2. The molecule has 0 atom stereocenters. The number of hydrogen-bond acceptors (Lipinski definition) is 5. The third-order valence-corrected chi connectivity index (χ3v) is 5.00. The van der Waals surface area contributed by atoms with Gasteiger partial charge in [0.2, 0.25) is 5.62 Å². The topological polar surface area (TPSA) is 78.5 Å². The van der Waals surface area contributed by atoms with Crippen molar-refractivity contribution in [3.05, 3.63) is 71.1 Å². The minimum Gasteiger partial charge on any atom is -0.497 e. The molecule has 0 amide bonds. The molecule has 33 heavy (non-hydrogen) atoms. The zero-order chi connectivity index (χ0) is 24.2. The van der Waals surface area contributed by atoms with Gasteiger partial charge in [0.05, 0.1) is 20.8 Å². The molecule has 0 radical (unpaired) electrons. The zero-order valence-electron chi connectivity index (χ0n) is 18.4. The molecule has 0 aliphatic carbocycles. The molecule has 0 saturated carbocycles. The molecule has 0 bridgehead atoms. The molecule has 3 aromatic rings. The van der Waals surface area contributed by atoms with Crippen LogP contribution in [0.3, 0.4) is 0 Å². The Labute approximate surface area is 188 Å². The zero-order valence-corrected chi connectivity index (χ0v) is 18.4. The van der Waals surface area contributed by atoms with E-state index in [0.29, 0.717) is 23.5 Å². The lowest BCUT2D eigenvalue weighted by Gasteiger charge is -2.13. The normalized spacial score (nSPS) is 11.3. The Morgan fingerprint density at radius 1 is 0.939 bits per heavy atom. The second-order valence-corrected chi connectivity index (χ2v) is 7.42. The van der Waals surface area contributed by atoms with Crippen molar-refractivity contribution in [1.29, 1.82) is 5.41 Å². The Hall–Kier alpha value is -3.69. The fourth-order valence-corrected chi connectivity index (χ4v) is 3.37. The number of rotatable bonds is 9. The molecule has 0 saturated heterocycles. The Morgan fingerprint density at radius 3 is 2.12 bits per heavy atom. The average Bonchev–Trinajstić information content (AvgIpc) is 3.07. The van der Waals surface area contributed by atoms with Crippen LogP contribution in [-0.4, -0.2) is 35.5 Å². The number of Topliss-reactive ketones (excluding diaryl/α,β-unsaturated/α-hetero) is 1. The van der Waals surface area contributed by atoms with Gasteiger partial charge in [0, 0.05) is 37.5 Å². The van der Waals surface area contributed by atoms with E-state index in [1.54, 1.807) is 46.8 Å². The van der Waals surface area contributed by atoms with E-state index in [2.05, 4.69) is 4.74 Å². The first-order valence-corrected chi connectivity index (χ1v) is 9.99. The molecule has 0 aliphatic heterocycles. The molecule has 7 nitrogen and oxygen atoms in total. The SMILES string of the molecule is COc1cc(CCC(=O)c2cc(Cn3ccn(C)c3=N)cc(OC(F)(F)F)c2)cc(OC)c1. The number of aryl methyl sites for hydroxylation is 2. The van der Waals surface area contributed by atoms with Crippen molar-refractivity contribution in [3.63, 3.8) is 0 Å². The highest BCUT2D eigenvalue weighted by molar-refractivity contribution is 5.96. The Balaban J connectivity index is 1.85. The van der Waals surface area contributed by atoms with Crippen molar-refractivity contribution >= 4 is 5.78 Å². The van der Waals surface area contributed by atoms with E-state index in [0.717, 1.165) is 11.6 Å². The minimum atomic E-state index is -4.89. The summed E-state index contributed by atoms with van der Waals surface area (Å²) in [6.45, 7) is 0.113. The number of halogens is 3. The number of hydrogen-bond donors (Lipinski definition) is 1. The molecule has 2 aromatic carbocycles. The predicted octanol–water partition coefficient (Wildman–Crippen LogP) is 4.09. The van der Waals surface area contributed by atoms with E-state index in [1.165, 1.54) is 26.4 Å². The van der Waals surface area contributed by atoms with Gasteiger partial charge in [-0.05, 0) is 47.9 Å². The third kappa shape index (κ3) is 6.41. The first-order chi connectivity index (χ1) is 15.6. The summed E-state index contributed by atoms with van der Waals surface area (Å²) >= 11 is 0. The first kappa shape index (κ1) is 24.0. The van der Waals surface area contributed by atoms with Crippen molar-refractivity contribution in [2.24, 2.45) is 7.05 Å². The highest BCUT2D eigenvalue weighted by Crippen LogP contribution is 2.27. The molecule has 0 aliphatic rings. The highest BCUT2D eigenvalue weighted by atomic mass is 19.4. The van der Waals surface area contributed by atoms with Crippen molar-refractivity contribution in [3.8, 4) is 17.2 Å². The smallest absolute Gasteiger partial charge is 0.497 e. The second-order valence-electron chi connectivity index (χ2n) is 7.42. The van der Waals surface area contributed by atoms with Gasteiger partial charge < -0.3 is 23.3 Å². The highest BCUT2D eigenvalue weighted by Gasteiger charge is 2.31. The Kier molecular flexibility index (Phi) is 7.15. The van der Waals surface area contributed by atoms with E-state index in [1.807, 2.05) is 0 Å².